The first-order chi connectivity index (χ1) is 15.1. The summed E-state index contributed by atoms with van der Waals surface area (Å²) >= 11 is 0. The normalized spacial score (nSPS) is 39.4. The van der Waals surface area contributed by atoms with Crippen LogP contribution in [0.2, 0.25) is 0 Å². The van der Waals surface area contributed by atoms with Crippen molar-refractivity contribution in [2.24, 2.45) is 29.6 Å². The highest BCUT2D eigenvalue weighted by Gasteiger charge is 2.35. The minimum Gasteiger partial charge on any atom is -0.390 e. The van der Waals surface area contributed by atoms with E-state index in [2.05, 4.69) is 48.5 Å². The van der Waals surface area contributed by atoms with Crippen LogP contribution >= 0.6 is 0 Å². The summed E-state index contributed by atoms with van der Waals surface area (Å²) < 4.78 is 0. The lowest BCUT2D eigenvalue weighted by Crippen LogP contribution is -2.20. The molecule has 3 fully saturated rings. The average Bonchev–Trinajstić information content (AvgIpc) is 3.37. The van der Waals surface area contributed by atoms with Crippen LogP contribution < -0.4 is 0 Å². The lowest BCUT2D eigenvalue weighted by molar-refractivity contribution is 0.0597. The first kappa shape index (κ1) is 32.9. The maximum atomic E-state index is 9.71. The second kappa shape index (κ2) is 15.1. The molecular formula is C30H62O3. The zero-order valence-corrected chi connectivity index (χ0v) is 24.2. The summed E-state index contributed by atoms with van der Waals surface area (Å²) in [7, 11) is 0. The lowest BCUT2D eigenvalue weighted by atomic mass is 9.89. The zero-order chi connectivity index (χ0) is 25.9. The van der Waals surface area contributed by atoms with E-state index in [-0.39, 0.29) is 16.8 Å². The van der Waals surface area contributed by atoms with Crippen LogP contribution in [0.4, 0.5) is 0 Å². The van der Waals surface area contributed by atoms with E-state index in [0.717, 1.165) is 68.1 Å². The first-order valence-electron chi connectivity index (χ1n) is 14.3. The monoisotopic (exact) mass is 470 g/mol. The smallest absolute Gasteiger partial charge is 0.0622 e. The molecule has 3 rings (SSSR count). The van der Waals surface area contributed by atoms with Crippen LogP contribution in [0.25, 0.3) is 0 Å². The highest BCUT2D eigenvalue weighted by Crippen LogP contribution is 2.40. The SMILES string of the molecule is CCC.CC[C@@H](C)C1CC[C@@](C)(O)C1.CC[C@@H](C)C1CC[C@](C)(O)C1.C[C@H]1CC[C@](C)(O)C1. The van der Waals surface area contributed by atoms with E-state index >= 15 is 0 Å². The molecule has 3 nitrogen and oxygen atoms in total. The summed E-state index contributed by atoms with van der Waals surface area (Å²) in [5.74, 6) is 3.88. The minimum absolute atomic E-state index is 0.334. The van der Waals surface area contributed by atoms with Gasteiger partial charge in [0.15, 0.2) is 0 Å². The van der Waals surface area contributed by atoms with Crippen molar-refractivity contribution < 1.29 is 15.3 Å². The van der Waals surface area contributed by atoms with Gasteiger partial charge in [0.1, 0.15) is 0 Å². The molecule has 0 heterocycles. The summed E-state index contributed by atoms with van der Waals surface area (Å²) in [6.07, 6.45) is 13.4. The van der Waals surface area contributed by atoms with Crippen LogP contribution in [-0.2, 0) is 0 Å². The molecular weight excluding hydrogens is 408 g/mol. The molecule has 0 saturated heterocycles. The fraction of sp³-hybridized carbons (Fsp3) is 1.00. The van der Waals surface area contributed by atoms with Gasteiger partial charge in [0.05, 0.1) is 16.8 Å². The van der Waals surface area contributed by atoms with Crippen molar-refractivity contribution in [3.63, 3.8) is 0 Å². The van der Waals surface area contributed by atoms with Crippen molar-refractivity contribution in [3.8, 4) is 0 Å². The largest absolute Gasteiger partial charge is 0.390 e. The van der Waals surface area contributed by atoms with Crippen LogP contribution in [-0.4, -0.2) is 32.1 Å². The Hall–Kier alpha value is -0.120. The second-order valence-electron chi connectivity index (χ2n) is 12.8. The van der Waals surface area contributed by atoms with Crippen molar-refractivity contribution in [3.05, 3.63) is 0 Å². The van der Waals surface area contributed by atoms with Crippen molar-refractivity contribution in [2.75, 3.05) is 0 Å². The standard InChI is InChI=1S/2C10H20O.C7H14O.C3H8/c2*1-4-8(2)9-5-6-10(3,11)7-9;1-6-3-4-7(2,8)5-6;1-3-2/h2*8-9,11H,4-7H2,1-3H3;6,8H,3-5H2,1-2H3;3H2,1-2H3/t8-,9?,10+;8-,9?,10-;6-,7-;/m110./s1. The quantitative estimate of drug-likeness (QED) is 0.388. The lowest BCUT2D eigenvalue weighted by Gasteiger charge is -2.19. The van der Waals surface area contributed by atoms with Gasteiger partial charge < -0.3 is 15.3 Å². The van der Waals surface area contributed by atoms with Crippen molar-refractivity contribution >= 4 is 0 Å². The van der Waals surface area contributed by atoms with Crippen molar-refractivity contribution in [2.45, 2.75) is 163 Å². The molecule has 0 aromatic heterocycles. The Morgan fingerprint density at radius 2 is 0.939 bits per heavy atom. The fourth-order valence-electron chi connectivity index (χ4n) is 5.68. The molecule has 8 atom stereocenters. The van der Waals surface area contributed by atoms with E-state index in [1.54, 1.807) is 0 Å². The summed E-state index contributed by atoms with van der Waals surface area (Å²) in [6.45, 7) is 21.4. The molecule has 0 spiro atoms. The molecule has 0 aliphatic heterocycles. The highest BCUT2D eigenvalue weighted by atomic mass is 16.3. The van der Waals surface area contributed by atoms with Gasteiger partial charge >= 0.3 is 0 Å². The van der Waals surface area contributed by atoms with E-state index < -0.39 is 0 Å². The predicted molar refractivity (Wildman–Crippen MR) is 144 cm³/mol. The molecule has 0 radical (unpaired) electrons. The number of rotatable bonds is 4. The molecule has 200 valence electrons. The number of hydrogen-bond acceptors (Lipinski definition) is 3. The Morgan fingerprint density at radius 1 is 0.636 bits per heavy atom. The van der Waals surface area contributed by atoms with Gasteiger partial charge in [-0.25, -0.2) is 0 Å². The third-order valence-corrected chi connectivity index (χ3v) is 8.37. The van der Waals surface area contributed by atoms with Crippen LogP contribution in [0.5, 0.6) is 0 Å². The Kier molecular flexibility index (Phi) is 15.0. The van der Waals surface area contributed by atoms with Crippen LogP contribution in [0, 0.1) is 29.6 Å². The van der Waals surface area contributed by atoms with E-state index in [9.17, 15) is 15.3 Å². The topological polar surface area (TPSA) is 60.7 Å². The Balaban J connectivity index is 0.000000444. The molecule has 3 aliphatic rings. The van der Waals surface area contributed by atoms with E-state index in [4.69, 9.17) is 0 Å². The van der Waals surface area contributed by atoms with Crippen LogP contribution in [0.15, 0.2) is 0 Å². The molecule has 33 heavy (non-hydrogen) atoms. The average molecular weight is 471 g/mol. The maximum Gasteiger partial charge on any atom is 0.0622 e. The van der Waals surface area contributed by atoms with E-state index in [0.29, 0.717) is 0 Å². The molecule has 2 unspecified atom stereocenters. The summed E-state index contributed by atoms with van der Waals surface area (Å²) in [5, 5.41) is 28.8. The Bertz CT molecular complexity index is 465. The minimum atomic E-state index is -0.353. The van der Waals surface area contributed by atoms with Gasteiger partial charge in [-0.05, 0) is 108 Å². The fourth-order valence-corrected chi connectivity index (χ4v) is 5.68. The predicted octanol–water partition coefficient (Wildman–Crippen LogP) is 8.14. The summed E-state index contributed by atoms with van der Waals surface area (Å²) in [5.41, 5.74) is -1.04. The maximum absolute atomic E-state index is 9.71. The molecule has 3 heteroatoms. The Morgan fingerprint density at radius 3 is 1.09 bits per heavy atom. The van der Waals surface area contributed by atoms with Gasteiger partial charge in [-0.15, -0.1) is 0 Å². The summed E-state index contributed by atoms with van der Waals surface area (Å²) in [6, 6.07) is 0. The molecule has 0 amide bonds. The van der Waals surface area contributed by atoms with Gasteiger partial charge in [0.25, 0.3) is 0 Å². The number of hydrogen-bond donors (Lipinski definition) is 3. The van der Waals surface area contributed by atoms with E-state index in [1.165, 1.54) is 38.5 Å². The van der Waals surface area contributed by atoms with Gasteiger partial charge in [0.2, 0.25) is 0 Å². The van der Waals surface area contributed by atoms with E-state index in [1.807, 2.05) is 20.8 Å². The Labute approximate surface area is 208 Å². The second-order valence-corrected chi connectivity index (χ2v) is 12.8. The van der Waals surface area contributed by atoms with Crippen molar-refractivity contribution in [1.29, 1.82) is 0 Å². The van der Waals surface area contributed by atoms with Crippen molar-refractivity contribution in [1.82, 2.24) is 0 Å². The third-order valence-electron chi connectivity index (χ3n) is 8.37. The molecule has 3 aliphatic carbocycles. The third kappa shape index (κ3) is 14.1. The van der Waals surface area contributed by atoms with Gasteiger partial charge in [-0.1, -0.05) is 67.7 Å². The molecule has 3 saturated carbocycles. The van der Waals surface area contributed by atoms with Gasteiger partial charge in [0, 0.05) is 0 Å². The summed E-state index contributed by atoms with van der Waals surface area (Å²) in [4.78, 5) is 0. The molecule has 0 bridgehead atoms. The molecule has 3 N–H and O–H groups in total. The van der Waals surface area contributed by atoms with Gasteiger partial charge in [-0.2, -0.15) is 0 Å². The number of aliphatic hydroxyl groups is 3. The zero-order valence-electron chi connectivity index (χ0n) is 24.2. The molecule has 0 aromatic carbocycles. The highest BCUT2D eigenvalue weighted by molar-refractivity contribution is 4.88. The van der Waals surface area contributed by atoms with Crippen LogP contribution in [0.3, 0.4) is 0 Å². The first-order valence-corrected chi connectivity index (χ1v) is 14.3. The molecule has 0 aromatic rings. The van der Waals surface area contributed by atoms with Crippen LogP contribution in [0.1, 0.15) is 146 Å². The van der Waals surface area contributed by atoms with Gasteiger partial charge in [-0.3, -0.25) is 0 Å².